The van der Waals surface area contributed by atoms with E-state index < -0.39 is 92.6 Å². The van der Waals surface area contributed by atoms with Crippen molar-refractivity contribution in [3.8, 4) is 11.5 Å². The fourth-order valence-corrected chi connectivity index (χ4v) is 8.99. The molecule has 3 N–H and O–H groups in total. The zero-order chi connectivity index (χ0) is 42.4. The van der Waals surface area contributed by atoms with Gasteiger partial charge >= 0.3 is 12.3 Å². The minimum atomic E-state index is -4.93. The maximum absolute atomic E-state index is 14.6. The minimum Gasteiger partial charge on any atom is -0.497 e. The lowest BCUT2D eigenvalue weighted by molar-refractivity contribution is -0.244. The van der Waals surface area contributed by atoms with Crippen LogP contribution in [0, 0.1) is 11.8 Å². The lowest BCUT2D eigenvalue weighted by Crippen LogP contribution is -2.60. The van der Waals surface area contributed by atoms with Gasteiger partial charge in [0.1, 0.15) is 51.8 Å². The number of carbonyl (C=O) groups excluding carboxylic acids is 4. The predicted octanol–water partition coefficient (Wildman–Crippen LogP) is 5.27. The van der Waals surface area contributed by atoms with Gasteiger partial charge in [0.05, 0.1) is 19.2 Å². The number of alkyl carbamates (subject to hydrolysis) is 1. The third-order valence-corrected chi connectivity index (χ3v) is 13.8. The number of hydrogen-bond acceptors (Lipinski definition) is 10. The highest BCUT2D eigenvalue weighted by Gasteiger charge is 2.64. The first kappa shape index (κ1) is 43.2. The zero-order valence-electron chi connectivity index (χ0n) is 32.3. The van der Waals surface area contributed by atoms with Crippen molar-refractivity contribution >= 4 is 56.3 Å². The van der Waals surface area contributed by atoms with Crippen LogP contribution in [0.5, 0.6) is 11.5 Å². The van der Waals surface area contributed by atoms with Gasteiger partial charge in [-0.05, 0) is 70.4 Å². The van der Waals surface area contributed by atoms with Gasteiger partial charge in [-0.15, -0.1) is 0 Å². The van der Waals surface area contributed by atoms with Gasteiger partial charge in [0, 0.05) is 29.9 Å². The van der Waals surface area contributed by atoms with E-state index in [1.807, 2.05) is 4.72 Å². The van der Waals surface area contributed by atoms with E-state index in [0.717, 1.165) is 4.90 Å². The summed E-state index contributed by atoms with van der Waals surface area (Å²) in [6, 6.07) is 3.56. The van der Waals surface area contributed by atoms with Gasteiger partial charge in [-0.2, -0.15) is 13.2 Å². The Bertz CT molecular complexity index is 2100. The summed E-state index contributed by atoms with van der Waals surface area (Å²) in [5.74, 6) is -3.32. The van der Waals surface area contributed by atoms with Crippen molar-refractivity contribution in [3.63, 3.8) is 0 Å². The van der Waals surface area contributed by atoms with Gasteiger partial charge < -0.3 is 29.7 Å². The number of hydrogen-bond donors (Lipinski definition) is 3. The van der Waals surface area contributed by atoms with E-state index in [-0.39, 0.29) is 43.1 Å². The van der Waals surface area contributed by atoms with E-state index in [0.29, 0.717) is 56.2 Å². The Morgan fingerprint density at radius 1 is 1.14 bits per heavy atom. The van der Waals surface area contributed by atoms with E-state index in [4.69, 9.17) is 25.8 Å². The van der Waals surface area contributed by atoms with E-state index in [1.54, 1.807) is 37.3 Å². The van der Waals surface area contributed by atoms with Crippen molar-refractivity contribution in [3.05, 3.63) is 41.6 Å². The van der Waals surface area contributed by atoms with Crippen LogP contribution in [-0.4, -0.2) is 103 Å². The van der Waals surface area contributed by atoms with Crippen LogP contribution in [0.2, 0.25) is 5.15 Å². The van der Waals surface area contributed by atoms with Crippen molar-refractivity contribution in [1.82, 2.24) is 25.2 Å². The van der Waals surface area contributed by atoms with E-state index in [1.165, 1.54) is 13.2 Å². The molecule has 20 heteroatoms. The molecule has 1 saturated heterocycles. The summed E-state index contributed by atoms with van der Waals surface area (Å²) in [4.78, 5) is 61.4. The Balaban J connectivity index is 1.35. The van der Waals surface area contributed by atoms with Crippen LogP contribution >= 0.6 is 11.6 Å². The third-order valence-electron chi connectivity index (χ3n) is 11.5. The molecule has 6 atom stereocenters. The Morgan fingerprint density at radius 3 is 2.52 bits per heavy atom. The number of halogens is 5. The van der Waals surface area contributed by atoms with Crippen molar-refractivity contribution in [2.45, 2.75) is 112 Å². The van der Waals surface area contributed by atoms with Gasteiger partial charge in [0.25, 0.3) is 5.91 Å². The number of nitrogens with zero attached hydrogens (tertiary/aromatic N) is 2. The van der Waals surface area contributed by atoms with Crippen LogP contribution in [0.4, 0.5) is 22.4 Å². The highest BCUT2D eigenvalue weighted by molar-refractivity contribution is 7.91. The molecule has 1 aromatic heterocycles. The number of fused-ring (bicyclic) bond motifs is 3. The van der Waals surface area contributed by atoms with Gasteiger partial charge in [-0.25, -0.2) is 22.6 Å². The molecular weight excluding hydrogens is 814 g/mol. The van der Waals surface area contributed by atoms with E-state index in [2.05, 4.69) is 15.6 Å². The highest BCUT2D eigenvalue weighted by Crippen LogP contribution is 2.48. The molecule has 2 aromatic rings. The van der Waals surface area contributed by atoms with E-state index >= 15 is 0 Å². The maximum Gasteiger partial charge on any atom is 0.427 e. The number of amides is 4. The first-order valence-electron chi connectivity index (χ1n) is 18.9. The average molecular weight is 860 g/mol. The lowest BCUT2D eigenvalue weighted by atomic mass is 9.93. The zero-order valence-corrected chi connectivity index (χ0v) is 33.9. The first-order chi connectivity index (χ1) is 27.2. The molecule has 1 aromatic carbocycles. The third kappa shape index (κ3) is 8.65. The molecule has 318 valence electrons. The van der Waals surface area contributed by atoms with E-state index in [9.17, 15) is 45.2 Å². The number of sulfonamides is 1. The SMILES string of the molecule is COc1ccc2c(O[C@@H]3C[C@H]4C(=O)N[C@]5(C(=O)NS(=O)(=O)C6(CF)CC6)C[C@H]5/C=C\CCCC[C@@H](C)[C@H](NC(=O)OC(C)(C)C(F)(F)F)C(=O)N4C3)cc(Cl)nc2c1. The van der Waals surface area contributed by atoms with Gasteiger partial charge in [0.15, 0.2) is 0 Å². The fraction of sp³-hybridized carbons (Fsp3) is 0.605. The Morgan fingerprint density at radius 2 is 1.86 bits per heavy atom. The highest BCUT2D eigenvalue weighted by atomic mass is 35.5. The smallest absolute Gasteiger partial charge is 0.427 e. The topological polar surface area (TPSA) is 182 Å². The van der Waals surface area contributed by atoms with Crippen molar-refractivity contribution in [2.24, 2.45) is 11.8 Å². The van der Waals surface area contributed by atoms with Gasteiger partial charge in [-0.3, -0.25) is 19.1 Å². The molecule has 58 heavy (non-hydrogen) atoms. The molecular formula is C38H46ClF4N5O9S. The second-order valence-electron chi connectivity index (χ2n) is 16.0. The standard InChI is InChI=1S/C38H46ClF4N5O9S/c1-21-9-7-5-6-8-10-22-18-37(22,33(51)47-58(53,54)36(20-40)13-14-36)46-31(49)27-16-24(56-28-17-29(39)44-26-15-23(55-4)11-12-25(26)28)19-48(27)32(50)30(21)45-34(52)57-35(2,3)38(41,42)43/h8,10-12,15,17,21-22,24,27,30H,5-7,9,13-14,16,18-20H2,1-4H3,(H,45,52)(H,46,49)(H,47,51)/b10-8-/t21-,22-,24-,27+,30+,37-/m1/s1. The second kappa shape index (κ2) is 16.0. The molecule has 0 bridgehead atoms. The van der Waals surface area contributed by atoms with Gasteiger partial charge in [0.2, 0.25) is 27.4 Å². The molecule has 6 rings (SSSR count). The first-order valence-corrected chi connectivity index (χ1v) is 20.8. The summed E-state index contributed by atoms with van der Waals surface area (Å²) in [5, 5.41) is 5.61. The summed E-state index contributed by atoms with van der Waals surface area (Å²) in [5.41, 5.74) is -4.26. The number of alkyl halides is 4. The molecule has 4 amide bonds. The normalized spacial score (nSPS) is 28.2. The Labute approximate surface area is 337 Å². The molecule has 14 nitrogen and oxygen atoms in total. The van der Waals surface area contributed by atoms with Crippen molar-refractivity contribution < 1.29 is 59.4 Å². The monoisotopic (exact) mass is 859 g/mol. The molecule has 0 unspecified atom stereocenters. The maximum atomic E-state index is 14.6. The predicted molar refractivity (Wildman–Crippen MR) is 202 cm³/mol. The number of allylic oxidation sites excluding steroid dienone is 1. The summed E-state index contributed by atoms with van der Waals surface area (Å²) >= 11 is 6.34. The molecule has 2 aliphatic carbocycles. The van der Waals surface area contributed by atoms with Gasteiger partial charge in [-0.1, -0.05) is 37.1 Å². The Kier molecular flexibility index (Phi) is 11.9. The number of benzene rings is 1. The van der Waals surface area contributed by atoms with Crippen LogP contribution in [0.1, 0.15) is 72.1 Å². The molecule has 0 spiro atoms. The summed E-state index contributed by atoms with van der Waals surface area (Å²) in [6.45, 7) is 1.52. The molecule has 2 saturated carbocycles. The Hall–Kier alpha value is -4.39. The fourth-order valence-electron chi connectivity index (χ4n) is 7.37. The quantitative estimate of drug-likeness (QED) is 0.171. The van der Waals surface area contributed by atoms with Crippen LogP contribution in [0.15, 0.2) is 36.4 Å². The van der Waals surface area contributed by atoms with Crippen LogP contribution in [-0.2, 0) is 29.1 Å². The second-order valence-corrected chi connectivity index (χ2v) is 18.5. The number of pyridine rings is 1. The molecule has 3 fully saturated rings. The molecule has 2 aliphatic heterocycles. The largest absolute Gasteiger partial charge is 0.497 e. The van der Waals surface area contributed by atoms with Crippen molar-refractivity contribution in [2.75, 3.05) is 20.3 Å². The molecule has 4 aliphatic rings. The summed E-state index contributed by atoms with van der Waals surface area (Å²) < 4.78 is 97.8. The van der Waals surface area contributed by atoms with Crippen LogP contribution in [0.3, 0.4) is 0 Å². The summed E-state index contributed by atoms with van der Waals surface area (Å²) in [6.07, 6.45) is -2.05. The number of rotatable bonds is 9. The molecule has 0 radical (unpaired) electrons. The average Bonchev–Trinajstić information content (AvgIpc) is 4.05. The minimum absolute atomic E-state index is 0.00677. The number of nitrogens with one attached hydrogen (secondary N) is 3. The van der Waals surface area contributed by atoms with Crippen molar-refractivity contribution in [1.29, 1.82) is 0 Å². The number of carbonyl (C=O) groups is 4. The number of aromatic nitrogens is 1. The number of ether oxygens (including phenoxy) is 3. The number of methoxy groups -OCH3 is 1. The van der Waals surface area contributed by atoms with Crippen LogP contribution in [0.25, 0.3) is 10.9 Å². The summed E-state index contributed by atoms with van der Waals surface area (Å²) in [7, 11) is -2.99. The lowest BCUT2D eigenvalue weighted by Gasteiger charge is -2.33. The van der Waals surface area contributed by atoms with Crippen LogP contribution < -0.4 is 24.8 Å². The molecule has 3 heterocycles.